The summed E-state index contributed by atoms with van der Waals surface area (Å²) in [6.45, 7) is 8.99. The van der Waals surface area contributed by atoms with Crippen molar-refractivity contribution < 1.29 is 0 Å². The Kier molecular flexibility index (Phi) is 4.60. The highest BCUT2D eigenvalue weighted by Gasteiger charge is 2.22. The molecule has 19 heavy (non-hydrogen) atoms. The molecule has 0 saturated heterocycles. The van der Waals surface area contributed by atoms with Gasteiger partial charge in [-0.2, -0.15) is 0 Å². The van der Waals surface area contributed by atoms with E-state index in [0.29, 0.717) is 5.41 Å². The van der Waals surface area contributed by atoms with Crippen LogP contribution in [0, 0.1) is 5.41 Å². The first-order valence-corrected chi connectivity index (χ1v) is 7.36. The number of hydrogen-bond acceptors (Lipinski definition) is 1. The van der Waals surface area contributed by atoms with Gasteiger partial charge in [-0.3, -0.25) is 0 Å². The Labute approximate surface area is 117 Å². The maximum absolute atomic E-state index is 3.51. The Balaban J connectivity index is 2.29. The monoisotopic (exact) mass is 255 g/mol. The number of hydrogen-bond donors (Lipinski definition) is 1. The minimum Gasteiger partial charge on any atom is -0.316 e. The molecule has 0 spiro atoms. The minimum absolute atomic E-state index is 0.333. The van der Waals surface area contributed by atoms with Crippen molar-refractivity contribution in [3.8, 4) is 0 Å². The Morgan fingerprint density at radius 3 is 2.47 bits per heavy atom. The van der Waals surface area contributed by atoms with E-state index in [2.05, 4.69) is 68.6 Å². The second-order valence-corrected chi connectivity index (χ2v) is 5.76. The molecular formula is C18H25N. The summed E-state index contributed by atoms with van der Waals surface area (Å²) in [5, 5.41) is 6.26. The number of nitrogens with one attached hydrogen (secondary N) is 1. The summed E-state index contributed by atoms with van der Waals surface area (Å²) in [7, 11) is 0. The van der Waals surface area contributed by atoms with Crippen molar-refractivity contribution in [3.05, 3.63) is 48.0 Å². The fourth-order valence-electron chi connectivity index (χ4n) is 2.65. The van der Waals surface area contributed by atoms with E-state index >= 15 is 0 Å². The lowest BCUT2D eigenvalue weighted by molar-refractivity contribution is 0.294. The van der Waals surface area contributed by atoms with Crippen molar-refractivity contribution in [1.82, 2.24) is 5.32 Å². The predicted molar refractivity (Wildman–Crippen MR) is 84.6 cm³/mol. The van der Waals surface area contributed by atoms with Gasteiger partial charge in [0.2, 0.25) is 0 Å². The average molecular weight is 255 g/mol. The number of fused-ring (bicyclic) bond motifs is 1. The highest BCUT2D eigenvalue weighted by atomic mass is 14.9. The van der Waals surface area contributed by atoms with Gasteiger partial charge in [0.15, 0.2) is 0 Å². The maximum Gasteiger partial charge on any atom is 0.000813 e. The van der Waals surface area contributed by atoms with E-state index in [1.54, 1.807) is 0 Å². The second-order valence-electron chi connectivity index (χ2n) is 5.76. The highest BCUT2D eigenvalue weighted by molar-refractivity contribution is 5.85. The van der Waals surface area contributed by atoms with E-state index in [9.17, 15) is 0 Å². The summed E-state index contributed by atoms with van der Waals surface area (Å²) in [6, 6.07) is 15.4. The SMILES string of the molecule is CCNCC(C)(CC)Cc1cccc2ccccc12. The highest BCUT2D eigenvalue weighted by Crippen LogP contribution is 2.29. The third-order valence-corrected chi connectivity index (χ3v) is 4.15. The first-order valence-electron chi connectivity index (χ1n) is 7.36. The molecule has 0 radical (unpaired) electrons. The molecule has 0 bridgehead atoms. The van der Waals surface area contributed by atoms with Crippen molar-refractivity contribution in [2.24, 2.45) is 5.41 Å². The van der Waals surface area contributed by atoms with E-state index in [1.807, 2.05) is 0 Å². The molecule has 0 aliphatic rings. The standard InChI is InChI=1S/C18H25N/c1-4-18(3,14-19-5-2)13-16-11-8-10-15-9-6-7-12-17(15)16/h6-12,19H,4-5,13-14H2,1-3H3. The van der Waals surface area contributed by atoms with Gasteiger partial charge in [0.25, 0.3) is 0 Å². The van der Waals surface area contributed by atoms with Crippen LogP contribution < -0.4 is 5.32 Å². The van der Waals surface area contributed by atoms with Crippen LogP contribution in [0.2, 0.25) is 0 Å². The Hall–Kier alpha value is -1.34. The molecule has 0 amide bonds. The summed E-state index contributed by atoms with van der Waals surface area (Å²) in [6.07, 6.45) is 2.33. The zero-order valence-electron chi connectivity index (χ0n) is 12.4. The first-order chi connectivity index (χ1) is 9.18. The number of benzene rings is 2. The molecule has 0 aromatic heterocycles. The lowest BCUT2D eigenvalue weighted by Gasteiger charge is -2.29. The smallest absolute Gasteiger partial charge is 0.000813 e. The molecule has 1 N–H and O–H groups in total. The van der Waals surface area contributed by atoms with Gasteiger partial charge in [0, 0.05) is 6.54 Å². The Bertz CT molecular complexity index is 527. The van der Waals surface area contributed by atoms with Gasteiger partial charge in [0.1, 0.15) is 0 Å². The lowest BCUT2D eigenvalue weighted by atomic mass is 9.80. The predicted octanol–water partition coefficient (Wildman–Crippen LogP) is 4.41. The van der Waals surface area contributed by atoms with Crippen LogP contribution in [0.5, 0.6) is 0 Å². The molecular weight excluding hydrogens is 230 g/mol. The van der Waals surface area contributed by atoms with Crippen molar-refractivity contribution >= 4 is 10.8 Å². The molecule has 2 rings (SSSR count). The molecule has 1 heteroatoms. The van der Waals surface area contributed by atoms with Gasteiger partial charge in [-0.15, -0.1) is 0 Å². The van der Waals surface area contributed by atoms with Crippen LogP contribution in [0.3, 0.4) is 0 Å². The molecule has 1 unspecified atom stereocenters. The first kappa shape index (κ1) is 14.1. The van der Waals surface area contributed by atoms with Crippen LogP contribution in [-0.2, 0) is 6.42 Å². The molecule has 0 fully saturated rings. The van der Waals surface area contributed by atoms with E-state index in [4.69, 9.17) is 0 Å². The maximum atomic E-state index is 3.51. The van der Waals surface area contributed by atoms with Crippen LogP contribution in [0.4, 0.5) is 0 Å². The van der Waals surface area contributed by atoms with Gasteiger partial charge in [-0.25, -0.2) is 0 Å². The molecule has 0 saturated carbocycles. The Morgan fingerprint density at radius 1 is 1.00 bits per heavy atom. The van der Waals surface area contributed by atoms with Crippen molar-refractivity contribution in [3.63, 3.8) is 0 Å². The molecule has 2 aromatic carbocycles. The third-order valence-electron chi connectivity index (χ3n) is 4.15. The van der Waals surface area contributed by atoms with Crippen LogP contribution in [0.1, 0.15) is 32.8 Å². The van der Waals surface area contributed by atoms with E-state index < -0.39 is 0 Å². The summed E-state index contributed by atoms with van der Waals surface area (Å²) in [5.74, 6) is 0. The number of rotatable bonds is 6. The fourth-order valence-corrected chi connectivity index (χ4v) is 2.65. The summed E-state index contributed by atoms with van der Waals surface area (Å²) < 4.78 is 0. The van der Waals surface area contributed by atoms with Crippen molar-refractivity contribution in [1.29, 1.82) is 0 Å². The van der Waals surface area contributed by atoms with Crippen molar-refractivity contribution in [2.45, 2.75) is 33.6 Å². The van der Waals surface area contributed by atoms with Gasteiger partial charge in [0.05, 0.1) is 0 Å². The van der Waals surface area contributed by atoms with E-state index in [1.165, 1.54) is 22.8 Å². The largest absolute Gasteiger partial charge is 0.316 e. The van der Waals surface area contributed by atoms with Gasteiger partial charge in [-0.1, -0.05) is 63.2 Å². The zero-order valence-corrected chi connectivity index (χ0v) is 12.4. The van der Waals surface area contributed by atoms with Crippen LogP contribution in [0.15, 0.2) is 42.5 Å². The molecule has 0 aliphatic heterocycles. The summed E-state index contributed by atoms with van der Waals surface area (Å²) in [5.41, 5.74) is 1.81. The van der Waals surface area contributed by atoms with Crippen LogP contribution >= 0.6 is 0 Å². The normalized spacial score (nSPS) is 14.5. The average Bonchev–Trinajstić information content (AvgIpc) is 2.46. The van der Waals surface area contributed by atoms with Crippen molar-refractivity contribution in [2.75, 3.05) is 13.1 Å². The van der Waals surface area contributed by atoms with Crippen LogP contribution in [0.25, 0.3) is 10.8 Å². The molecule has 0 aliphatic carbocycles. The Morgan fingerprint density at radius 2 is 1.74 bits per heavy atom. The van der Waals surface area contributed by atoms with E-state index in [-0.39, 0.29) is 0 Å². The molecule has 102 valence electrons. The second kappa shape index (κ2) is 6.21. The minimum atomic E-state index is 0.333. The molecule has 1 atom stereocenters. The van der Waals surface area contributed by atoms with Gasteiger partial charge >= 0.3 is 0 Å². The van der Waals surface area contributed by atoms with Gasteiger partial charge < -0.3 is 5.32 Å². The molecule has 1 nitrogen and oxygen atoms in total. The van der Waals surface area contributed by atoms with Crippen LogP contribution in [-0.4, -0.2) is 13.1 Å². The fraction of sp³-hybridized carbons (Fsp3) is 0.444. The zero-order chi connectivity index (χ0) is 13.7. The topological polar surface area (TPSA) is 12.0 Å². The summed E-state index contributed by atoms with van der Waals surface area (Å²) in [4.78, 5) is 0. The quantitative estimate of drug-likeness (QED) is 0.806. The molecule has 0 heterocycles. The third kappa shape index (κ3) is 3.36. The van der Waals surface area contributed by atoms with Gasteiger partial charge in [-0.05, 0) is 41.1 Å². The summed E-state index contributed by atoms with van der Waals surface area (Å²) >= 11 is 0. The van der Waals surface area contributed by atoms with E-state index in [0.717, 1.165) is 19.5 Å². The lowest BCUT2D eigenvalue weighted by Crippen LogP contribution is -2.33. The molecule has 2 aromatic rings.